The fraction of sp³-hybridized carbons (Fsp3) is 0.0588. The smallest absolute Gasteiger partial charge is 0.339 e. The van der Waals surface area contributed by atoms with Crippen LogP contribution in [0.25, 0.3) is 22.6 Å². The van der Waals surface area contributed by atoms with Crippen molar-refractivity contribution in [3.8, 4) is 23.8 Å². The van der Waals surface area contributed by atoms with Crippen LogP contribution < -0.4 is 0 Å². The number of ether oxygens (including phenoxy) is 1. The second-order valence-electron chi connectivity index (χ2n) is 4.49. The lowest BCUT2D eigenvalue weighted by Crippen LogP contribution is -2.04. The highest BCUT2D eigenvalue weighted by molar-refractivity contribution is 5.93. The Balaban J connectivity index is 1.95. The largest absolute Gasteiger partial charge is 0.449 e. The van der Waals surface area contributed by atoms with Gasteiger partial charge in [-0.25, -0.2) is 14.2 Å². The van der Waals surface area contributed by atoms with Crippen molar-refractivity contribution in [2.24, 2.45) is 0 Å². The lowest BCUT2D eigenvalue weighted by atomic mass is 10.2. The Labute approximate surface area is 125 Å². The van der Waals surface area contributed by atoms with E-state index >= 15 is 0 Å². The second-order valence-corrected chi connectivity index (χ2v) is 4.49. The molecule has 0 fully saturated rings. The Hall–Kier alpha value is -3.13. The lowest BCUT2D eigenvalue weighted by Gasteiger charge is -1.99. The van der Waals surface area contributed by atoms with Gasteiger partial charge in [-0.15, -0.1) is 6.42 Å². The van der Waals surface area contributed by atoms with Crippen molar-refractivity contribution in [3.05, 3.63) is 53.8 Å². The first-order valence-electron chi connectivity index (χ1n) is 6.44. The first-order chi connectivity index (χ1) is 10.7. The zero-order valence-electron chi connectivity index (χ0n) is 11.4. The van der Waals surface area contributed by atoms with Gasteiger partial charge in [-0.3, -0.25) is 0 Å². The summed E-state index contributed by atoms with van der Waals surface area (Å²) in [6.45, 7) is -0.0868. The van der Waals surface area contributed by atoms with Crippen LogP contribution >= 0.6 is 0 Å². The monoisotopic (exact) mass is 295 g/mol. The van der Waals surface area contributed by atoms with Crippen LogP contribution in [0.5, 0.6) is 0 Å². The highest BCUT2D eigenvalue weighted by Gasteiger charge is 2.12. The molecule has 0 aliphatic heterocycles. The fourth-order valence-electron chi connectivity index (χ4n) is 1.96. The quantitative estimate of drug-likeness (QED) is 0.549. The van der Waals surface area contributed by atoms with Gasteiger partial charge in [0.15, 0.2) is 12.2 Å². The molecular formula is C17H10FNO3. The molecule has 3 aromatic rings. The van der Waals surface area contributed by atoms with Gasteiger partial charge >= 0.3 is 5.97 Å². The van der Waals surface area contributed by atoms with Crippen LogP contribution in [0.1, 0.15) is 10.4 Å². The van der Waals surface area contributed by atoms with Gasteiger partial charge in [0.2, 0.25) is 5.89 Å². The number of halogens is 1. The number of fused-ring (bicyclic) bond motifs is 1. The van der Waals surface area contributed by atoms with E-state index in [0.29, 0.717) is 28.1 Å². The minimum absolute atomic E-state index is 0.0868. The van der Waals surface area contributed by atoms with Crippen molar-refractivity contribution in [2.45, 2.75) is 0 Å². The van der Waals surface area contributed by atoms with Crippen molar-refractivity contribution >= 4 is 17.1 Å². The SMILES string of the molecule is C#CCOC(=O)c1ccc2oc(-c3ccc(F)cc3)nc2c1. The van der Waals surface area contributed by atoms with E-state index in [0.717, 1.165) is 0 Å². The second kappa shape index (κ2) is 5.70. The van der Waals surface area contributed by atoms with Crippen molar-refractivity contribution in [2.75, 3.05) is 6.61 Å². The highest BCUT2D eigenvalue weighted by Crippen LogP contribution is 2.25. The number of hydrogen-bond acceptors (Lipinski definition) is 4. The van der Waals surface area contributed by atoms with Crippen molar-refractivity contribution in [1.29, 1.82) is 0 Å². The van der Waals surface area contributed by atoms with E-state index < -0.39 is 5.97 Å². The summed E-state index contributed by atoms with van der Waals surface area (Å²) >= 11 is 0. The lowest BCUT2D eigenvalue weighted by molar-refractivity contribution is 0.0557. The summed E-state index contributed by atoms with van der Waals surface area (Å²) in [7, 11) is 0. The summed E-state index contributed by atoms with van der Waals surface area (Å²) in [6.07, 6.45) is 5.04. The van der Waals surface area contributed by atoms with Gasteiger partial charge < -0.3 is 9.15 Å². The van der Waals surface area contributed by atoms with Crippen molar-refractivity contribution in [3.63, 3.8) is 0 Å². The molecule has 108 valence electrons. The number of oxazole rings is 1. The topological polar surface area (TPSA) is 52.3 Å². The maximum Gasteiger partial charge on any atom is 0.339 e. The molecule has 1 aromatic heterocycles. The van der Waals surface area contributed by atoms with Crippen LogP contribution in [0.3, 0.4) is 0 Å². The predicted molar refractivity (Wildman–Crippen MR) is 78.5 cm³/mol. The van der Waals surface area contributed by atoms with Gasteiger partial charge in [-0.05, 0) is 42.5 Å². The van der Waals surface area contributed by atoms with E-state index in [1.165, 1.54) is 12.1 Å². The van der Waals surface area contributed by atoms with Gasteiger partial charge in [0.25, 0.3) is 0 Å². The predicted octanol–water partition coefficient (Wildman–Crippen LogP) is 3.42. The summed E-state index contributed by atoms with van der Waals surface area (Å²) in [5, 5.41) is 0. The molecule has 0 spiro atoms. The summed E-state index contributed by atoms with van der Waals surface area (Å²) in [5.74, 6) is 1.72. The van der Waals surface area contributed by atoms with Crippen LogP contribution in [0.2, 0.25) is 0 Å². The number of esters is 1. The Morgan fingerprint density at radius 2 is 2.05 bits per heavy atom. The van der Waals surface area contributed by atoms with E-state index in [9.17, 15) is 9.18 Å². The molecule has 0 amide bonds. The van der Waals surface area contributed by atoms with Crippen LogP contribution in [0.4, 0.5) is 4.39 Å². The number of terminal acetylenes is 1. The molecule has 5 heteroatoms. The Morgan fingerprint density at radius 3 is 2.77 bits per heavy atom. The normalized spacial score (nSPS) is 10.4. The van der Waals surface area contributed by atoms with Crippen LogP contribution in [0, 0.1) is 18.2 Å². The van der Waals surface area contributed by atoms with Gasteiger partial charge in [0, 0.05) is 5.56 Å². The summed E-state index contributed by atoms with van der Waals surface area (Å²) < 4.78 is 23.4. The number of aromatic nitrogens is 1. The Kier molecular flexibility index (Phi) is 3.58. The number of nitrogens with zero attached hydrogens (tertiary/aromatic N) is 1. The summed E-state index contributed by atoms with van der Waals surface area (Å²) in [4.78, 5) is 16.0. The molecular weight excluding hydrogens is 285 g/mol. The van der Waals surface area contributed by atoms with Gasteiger partial charge in [0.1, 0.15) is 11.3 Å². The molecule has 0 saturated carbocycles. The fourth-order valence-corrected chi connectivity index (χ4v) is 1.96. The molecule has 0 bridgehead atoms. The molecule has 0 aliphatic rings. The molecule has 0 unspecified atom stereocenters. The van der Waals surface area contributed by atoms with Gasteiger partial charge in [0.05, 0.1) is 5.56 Å². The standard InChI is InChI=1S/C17H10FNO3/c1-2-9-21-17(20)12-5-8-15-14(10-12)19-16(22-15)11-3-6-13(18)7-4-11/h1,3-8,10H,9H2. The number of benzene rings is 2. The third-order valence-corrected chi connectivity index (χ3v) is 3.00. The zero-order valence-corrected chi connectivity index (χ0v) is 11.4. The molecule has 1 heterocycles. The van der Waals surface area contributed by atoms with E-state index in [1.807, 2.05) is 0 Å². The van der Waals surface area contributed by atoms with Crippen LogP contribution in [0.15, 0.2) is 46.9 Å². The van der Waals surface area contributed by atoms with Crippen LogP contribution in [-0.4, -0.2) is 17.6 Å². The van der Waals surface area contributed by atoms with Gasteiger partial charge in [-0.2, -0.15) is 0 Å². The highest BCUT2D eigenvalue weighted by atomic mass is 19.1. The van der Waals surface area contributed by atoms with Crippen molar-refractivity contribution < 1.29 is 18.3 Å². The minimum Gasteiger partial charge on any atom is -0.449 e. The molecule has 0 radical (unpaired) electrons. The molecule has 2 aromatic carbocycles. The molecule has 0 aliphatic carbocycles. The van der Waals surface area contributed by atoms with E-state index in [2.05, 4.69) is 10.9 Å². The third-order valence-electron chi connectivity index (χ3n) is 3.00. The number of carbonyl (C=O) groups excluding carboxylic acids is 1. The Bertz CT molecular complexity index is 875. The zero-order chi connectivity index (χ0) is 15.5. The van der Waals surface area contributed by atoms with E-state index in [4.69, 9.17) is 15.6 Å². The van der Waals surface area contributed by atoms with Crippen LogP contribution in [-0.2, 0) is 4.74 Å². The summed E-state index contributed by atoms with van der Waals surface area (Å²) in [6, 6.07) is 10.6. The average molecular weight is 295 g/mol. The molecule has 0 N–H and O–H groups in total. The molecule has 4 nitrogen and oxygen atoms in total. The van der Waals surface area contributed by atoms with Crippen molar-refractivity contribution in [1.82, 2.24) is 4.98 Å². The maximum atomic E-state index is 12.9. The maximum absolute atomic E-state index is 12.9. The number of carbonyl (C=O) groups is 1. The number of rotatable bonds is 3. The molecule has 0 atom stereocenters. The first-order valence-corrected chi connectivity index (χ1v) is 6.44. The van der Waals surface area contributed by atoms with E-state index in [-0.39, 0.29) is 12.4 Å². The molecule has 3 rings (SSSR count). The molecule has 22 heavy (non-hydrogen) atoms. The summed E-state index contributed by atoms with van der Waals surface area (Å²) in [5.41, 5.74) is 2.01. The average Bonchev–Trinajstić information content (AvgIpc) is 2.96. The first kappa shape index (κ1) is 13.8. The third kappa shape index (κ3) is 2.67. The number of hydrogen-bond donors (Lipinski definition) is 0. The van der Waals surface area contributed by atoms with E-state index in [1.54, 1.807) is 30.3 Å². The Morgan fingerprint density at radius 1 is 1.27 bits per heavy atom. The molecule has 0 saturated heterocycles. The minimum atomic E-state index is -0.522. The van der Waals surface area contributed by atoms with Gasteiger partial charge in [-0.1, -0.05) is 5.92 Å².